The largest absolute Gasteiger partial charge is 0.250 e. The summed E-state index contributed by atoms with van der Waals surface area (Å²) in [4.78, 5) is 0. The van der Waals surface area contributed by atoms with E-state index in [-0.39, 0.29) is 15.0 Å². The van der Waals surface area contributed by atoms with Gasteiger partial charge in [0.15, 0.2) is 9.84 Å². The molecule has 2 heterocycles. The third-order valence-electron chi connectivity index (χ3n) is 3.61. The molecule has 10 heteroatoms. The molecule has 0 saturated carbocycles. The van der Waals surface area contributed by atoms with Crippen molar-refractivity contribution < 1.29 is 21.2 Å². The second kappa shape index (κ2) is 7.57. The van der Waals surface area contributed by atoms with Gasteiger partial charge in [-0.15, -0.1) is 22.7 Å². The lowest BCUT2D eigenvalue weighted by atomic mass is 10.1. The molecule has 2 aromatic heterocycles. The summed E-state index contributed by atoms with van der Waals surface area (Å²) in [6.45, 7) is -0.355. The minimum Gasteiger partial charge on any atom is -0.222 e. The zero-order chi connectivity index (χ0) is 18.8. The number of nitrogens with one attached hydrogen (secondary N) is 1. The van der Waals surface area contributed by atoms with Crippen LogP contribution in [0.4, 0.5) is 4.39 Å². The Labute approximate surface area is 159 Å². The number of sulfonamides is 1. The second-order valence-electron chi connectivity index (χ2n) is 5.30. The Kier molecular flexibility index (Phi) is 5.58. The molecular weight excluding hydrogens is 417 g/mol. The smallest absolute Gasteiger partial charge is 0.222 e. The molecule has 5 nitrogen and oxygen atoms in total. The molecule has 138 valence electrons. The van der Waals surface area contributed by atoms with Gasteiger partial charge in [-0.25, -0.2) is 25.9 Å². The standard InChI is InChI=1S/C16H14FNO4S4/c17-13-7-5-12(6-8-13)14(25(19,20)15-3-1-9-23-15)11-18-26(21,22)16-4-2-10-24-16/h1-10,14,18H,11H2. The minimum atomic E-state index is -3.84. The maximum Gasteiger partial charge on any atom is 0.250 e. The lowest BCUT2D eigenvalue weighted by Gasteiger charge is -2.18. The molecule has 0 saturated heterocycles. The average molecular weight is 432 g/mol. The number of rotatable bonds is 7. The van der Waals surface area contributed by atoms with E-state index in [1.165, 1.54) is 24.3 Å². The van der Waals surface area contributed by atoms with Crippen molar-refractivity contribution in [1.29, 1.82) is 0 Å². The maximum absolute atomic E-state index is 13.2. The maximum atomic E-state index is 13.2. The molecular formula is C16H14FNO4S4. The van der Waals surface area contributed by atoms with Crippen molar-refractivity contribution >= 4 is 42.5 Å². The van der Waals surface area contributed by atoms with E-state index in [4.69, 9.17) is 0 Å². The van der Waals surface area contributed by atoms with Crippen molar-refractivity contribution in [3.63, 3.8) is 0 Å². The van der Waals surface area contributed by atoms with Gasteiger partial charge < -0.3 is 0 Å². The van der Waals surface area contributed by atoms with Gasteiger partial charge in [-0.1, -0.05) is 24.3 Å². The van der Waals surface area contributed by atoms with Crippen LogP contribution in [0.1, 0.15) is 10.8 Å². The van der Waals surface area contributed by atoms with E-state index in [1.807, 2.05) is 0 Å². The SMILES string of the molecule is O=S(=O)(NCC(c1ccc(F)cc1)S(=O)(=O)c1cccs1)c1cccs1. The summed E-state index contributed by atoms with van der Waals surface area (Å²) in [6, 6.07) is 11.1. The third kappa shape index (κ3) is 4.04. The van der Waals surface area contributed by atoms with Gasteiger partial charge in [-0.3, -0.25) is 0 Å². The van der Waals surface area contributed by atoms with Crippen molar-refractivity contribution in [1.82, 2.24) is 4.72 Å². The molecule has 0 amide bonds. The van der Waals surface area contributed by atoms with Crippen LogP contribution in [-0.4, -0.2) is 23.4 Å². The van der Waals surface area contributed by atoms with Crippen LogP contribution in [0.5, 0.6) is 0 Å². The van der Waals surface area contributed by atoms with Gasteiger partial charge in [0, 0.05) is 6.54 Å². The molecule has 1 N–H and O–H groups in total. The highest BCUT2D eigenvalue weighted by Gasteiger charge is 2.31. The van der Waals surface area contributed by atoms with Crippen molar-refractivity contribution in [2.24, 2.45) is 0 Å². The first-order valence-corrected chi connectivity index (χ1v) is 12.2. The minimum absolute atomic E-state index is 0.101. The van der Waals surface area contributed by atoms with Crippen molar-refractivity contribution in [3.8, 4) is 0 Å². The van der Waals surface area contributed by atoms with E-state index in [2.05, 4.69) is 4.72 Å². The summed E-state index contributed by atoms with van der Waals surface area (Å²) in [5.41, 5.74) is 0.314. The normalized spacial score (nSPS) is 13.6. The molecule has 0 fully saturated rings. The van der Waals surface area contributed by atoms with Gasteiger partial charge >= 0.3 is 0 Å². The van der Waals surface area contributed by atoms with Gasteiger partial charge in [-0.05, 0) is 40.6 Å². The topological polar surface area (TPSA) is 80.3 Å². The predicted molar refractivity (Wildman–Crippen MR) is 100 cm³/mol. The molecule has 0 spiro atoms. The number of halogens is 1. The average Bonchev–Trinajstić information content (AvgIpc) is 3.30. The Bertz CT molecular complexity index is 1060. The zero-order valence-electron chi connectivity index (χ0n) is 13.2. The Morgan fingerprint density at radius 1 is 0.885 bits per heavy atom. The predicted octanol–water partition coefficient (Wildman–Crippen LogP) is 3.44. The van der Waals surface area contributed by atoms with Crippen LogP contribution in [0, 0.1) is 5.82 Å². The molecule has 0 radical (unpaired) electrons. The summed E-state index contributed by atoms with van der Waals surface area (Å²) in [7, 11) is -7.67. The van der Waals surface area contributed by atoms with Gasteiger partial charge in [0.2, 0.25) is 10.0 Å². The van der Waals surface area contributed by atoms with E-state index < -0.39 is 30.9 Å². The van der Waals surface area contributed by atoms with E-state index in [9.17, 15) is 21.2 Å². The van der Waals surface area contributed by atoms with Gasteiger partial charge in [0.1, 0.15) is 19.5 Å². The van der Waals surface area contributed by atoms with Crippen LogP contribution in [-0.2, 0) is 19.9 Å². The fourth-order valence-corrected chi connectivity index (χ4v) is 7.38. The summed E-state index contributed by atoms with van der Waals surface area (Å²) >= 11 is 2.09. The molecule has 3 aromatic rings. The highest BCUT2D eigenvalue weighted by atomic mass is 32.2. The quantitative estimate of drug-likeness (QED) is 0.621. The number of sulfone groups is 1. The highest BCUT2D eigenvalue weighted by molar-refractivity contribution is 7.94. The first kappa shape index (κ1) is 19.2. The molecule has 26 heavy (non-hydrogen) atoms. The Morgan fingerprint density at radius 3 is 2.00 bits per heavy atom. The van der Waals surface area contributed by atoms with Crippen LogP contribution in [0.25, 0.3) is 0 Å². The van der Waals surface area contributed by atoms with Crippen molar-refractivity contribution in [2.45, 2.75) is 13.7 Å². The summed E-state index contributed by atoms with van der Waals surface area (Å²) in [5, 5.41) is 2.08. The highest BCUT2D eigenvalue weighted by Crippen LogP contribution is 2.31. The molecule has 1 atom stereocenters. The first-order chi connectivity index (χ1) is 12.3. The Morgan fingerprint density at radius 2 is 1.46 bits per heavy atom. The monoisotopic (exact) mass is 431 g/mol. The number of benzene rings is 1. The Balaban J connectivity index is 1.95. The summed E-state index contributed by atoms with van der Waals surface area (Å²) in [6.07, 6.45) is 0. The fourth-order valence-electron chi connectivity index (χ4n) is 2.32. The molecule has 1 unspecified atom stereocenters. The third-order valence-corrected chi connectivity index (χ3v) is 9.96. The van der Waals surface area contributed by atoms with E-state index in [1.54, 1.807) is 22.9 Å². The van der Waals surface area contributed by atoms with E-state index >= 15 is 0 Å². The molecule has 0 bridgehead atoms. The molecule has 0 aliphatic carbocycles. The lowest BCUT2D eigenvalue weighted by molar-refractivity contribution is 0.570. The van der Waals surface area contributed by atoms with Crippen molar-refractivity contribution in [3.05, 3.63) is 70.7 Å². The van der Waals surface area contributed by atoms with Crippen LogP contribution < -0.4 is 4.72 Å². The molecule has 3 rings (SSSR count). The number of hydrogen-bond acceptors (Lipinski definition) is 6. The van der Waals surface area contributed by atoms with Crippen LogP contribution in [0.2, 0.25) is 0 Å². The number of thiophene rings is 2. The van der Waals surface area contributed by atoms with Crippen molar-refractivity contribution in [2.75, 3.05) is 6.54 Å². The van der Waals surface area contributed by atoms with Crippen LogP contribution >= 0.6 is 22.7 Å². The van der Waals surface area contributed by atoms with E-state index in [0.29, 0.717) is 5.56 Å². The molecule has 1 aromatic carbocycles. The summed E-state index contributed by atoms with van der Waals surface area (Å²) < 4.78 is 66.4. The molecule has 0 aliphatic heterocycles. The van der Waals surface area contributed by atoms with Crippen LogP contribution in [0.3, 0.4) is 0 Å². The lowest BCUT2D eigenvalue weighted by Crippen LogP contribution is -2.31. The van der Waals surface area contributed by atoms with Gasteiger partial charge in [-0.2, -0.15) is 0 Å². The van der Waals surface area contributed by atoms with Gasteiger partial charge in [0.25, 0.3) is 0 Å². The van der Waals surface area contributed by atoms with Gasteiger partial charge in [0.05, 0.1) is 0 Å². The summed E-state index contributed by atoms with van der Waals surface area (Å²) in [5.74, 6) is -0.500. The first-order valence-electron chi connectivity index (χ1n) is 7.37. The van der Waals surface area contributed by atoms with E-state index in [0.717, 1.165) is 34.8 Å². The second-order valence-corrected chi connectivity index (χ2v) is 11.5. The fraction of sp³-hybridized carbons (Fsp3) is 0.125. The van der Waals surface area contributed by atoms with Crippen LogP contribution in [0.15, 0.2) is 67.7 Å². The Hall–Kier alpha value is -1.59. The number of hydrogen-bond donors (Lipinski definition) is 1. The molecule has 0 aliphatic rings. The zero-order valence-corrected chi connectivity index (χ0v) is 16.5.